The summed E-state index contributed by atoms with van der Waals surface area (Å²) in [5.74, 6) is 0.896. The molecule has 0 aliphatic carbocycles. The van der Waals surface area contributed by atoms with E-state index < -0.39 is 0 Å². The van der Waals surface area contributed by atoms with E-state index in [9.17, 15) is 4.79 Å². The van der Waals surface area contributed by atoms with Gasteiger partial charge in [-0.05, 0) is 39.8 Å². The van der Waals surface area contributed by atoms with Crippen molar-refractivity contribution in [2.75, 3.05) is 6.54 Å². The minimum Gasteiger partial charge on any atom is -0.348 e. The third-order valence-electron chi connectivity index (χ3n) is 4.16. The first kappa shape index (κ1) is 16.2. The average molecular weight is 332 g/mol. The SMILES string of the molecule is Cc1ccc(CN2CCn3cc(C(=O)NC(C)C)nc3C2C)s1. The fraction of sp³-hybridized carbons (Fsp3) is 0.529. The molecule has 1 amide bonds. The summed E-state index contributed by atoms with van der Waals surface area (Å²) >= 11 is 1.85. The Hall–Kier alpha value is -1.66. The lowest BCUT2D eigenvalue weighted by Gasteiger charge is -2.33. The number of carbonyl (C=O) groups excluding carboxylic acids is 1. The highest BCUT2D eigenvalue weighted by atomic mass is 32.1. The van der Waals surface area contributed by atoms with Crippen molar-refractivity contribution in [1.82, 2.24) is 19.8 Å². The first-order chi connectivity index (χ1) is 10.9. The van der Waals surface area contributed by atoms with E-state index in [2.05, 4.69) is 45.7 Å². The summed E-state index contributed by atoms with van der Waals surface area (Å²) in [6.07, 6.45) is 1.89. The second-order valence-electron chi connectivity index (χ2n) is 6.46. The molecule has 2 aromatic rings. The lowest BCUT2D eigenvalue weighted by Crippen LogP contribution is -2.36. The second-order valence-corrected chi connectivity index (χ2v) is 7.84. The smallest absolute Gasteiger partial charge is 0.271 e. The summed E-state index contributed by atoms with van der Waals surface area (Å²) in [7, 11) is 0. The third-order valence-corrected chi connectivity index (χ3v) is 5.15. The summed E-state index contributed by atoms with van der Waals surface area (Å²) in [4.78, 5) is 21.9. The van der Waals surface area contributed by atoms with Gasteiger partial charge in [0.15, 0.2) is 0 Å². The van der Waals surface area contributed by atoms with Crippen LogP contribution in [0.4, 0.5) is 0 Å². The summed E-state index contributed by atoms with van der Waals surface area (Å²) in [5, 5.41) is 2.91. The number of aromatic nitrogens is 2. The van der Waals surface area contributed by atoms with E-state index in [4.69, 9.17) is 0 Å². The molecule has 124 valence electrons. The van der Waals surface area contributed by atoms with Crippen LogP contribution in [0.1, 0.15) is 52.9 Å². The molecule has 6 heteroatoms. The van der Waals surface area contributed by atoms with Gasteiger partial charge in [-0.25, -0.2) is 4.98 Å². The minimum atomic E-state index is -0.0884. The standard InChI is InChI=1S/C17H24N4OS/c1-11(2)18-17(22)15-10-21-8-7-20(13(4)16(21)19-15)9-14-6-5-12(3)23-14/h5-6,10-11,13H,7-9H2,1-4H3,(H,18,22). The molecule has 5 nitrogen and oxygen atoms in total. The van der Waals surface area contributed by atoms with Crippen molar-refractivity contribution >= 4 is 17.2 Å². The molecule has 0 radical (unpaired) electrons. The molecule has 1 atom stereocenters. The molecule has 0 spiro atoms. The Balaban J connectivity index is 1.75. The summed E-state index contributed by atoms with van der Waals surface area (Å²) in [6, 6.07) is 4.71. The van der Waals surface area contributed by atoms with Crippen molar-refractivity contribution < 1.29 is 4.79 Å². The van der Waals surface area contributed by atoms with Crippen LogP contribution in [-0.4, -0.2) is 32.9 Å². The highest BCUT2D eigenvalue weighted by Crippen LogP contribution is 2.28. The maximum absolute atomic E-state index is 12.2. The van der Waals surface area contributed by atoms with Crippen LogP contribution in [0.5, 0.6) is 0 Å². The van der Waals surface area contributed by atoms with Gasteiger partial charge in [-0.1, -0.05) is 0 Å². The molecule has 1 aliphatic rings. The Labute approximate surface area is 141 Å². The van der Waals surface area contributed by atoms with Gasteiger partial charge in [-0.2, -0.15) is 0 Å². The van der Waals surface area contributed by atoms with E-state index in [1.165, 1.54) is 9.75 Å². The molecule has 2 aromatic heterocycles. The van der Waals surface area contributed by atoms with Crippen LogP contribution in [-0.2, 0) is 13.1 Å². The van der Waals surface area contributed by atoms with Crippen molar-refractivity contribution in [2.45, 2.75) is 52.9 Å². The van der Waals surface area contributed by atoms with Crippen LogP contribution in [0.25, 0.3) is 0 Å². The molecular weight excluding hydrogens is 308 g/mol. The van der Waals surface area contributed by atoms with Crippen LogP contribution < -0.4 is 5.32 Å². The topological polar surface area (TPSA) is 50.2 Å². The lowest BCUT2D eigenvalue weighted by atomic mass is 10.2. The van der Waals surface area contributed by atoms with Crippen LogP contribution >= 0.6 is 11.3 Å². The minimum absolute atomic E-state index is 0.0884. The molecule has 1 unspecified atom stereocenters. The fourth-order valence-electron chi connectivity index (χ4n) is 2.97. The Morgan fingerprint density at radius 1 is 1.43 bits per heavy atom. The first-order valence-corrected chi connectivity index (χ1v) is 8.93. The van der Waals surface area contributed by atoms with Gasteiger partial charge < -0.3 is 9.88 Å². The Morgan fingerprint density at radius 3 is 2.87 bits per heavy atom. The molecule has 1 N–H and O–H groups in total. The predicted molar refractivity (Wildman–Crippen MR) is 92.7 cm³/mol. The molecule has 0 fully saturated rings. The number of rotatable bonds is 4. The predicted octanol–water partition coefficient (Wildman–Crippen LogP) is 2.97. The molecule has 0 aromatic carbocycles. The molecule has 0 bridgehead atoms. The van der Waals surface area contributed by atoms with Gasteiger partial charge in [-0.15, -0.1) is 11.3 Å². The van der Waals surface area contributed by atoms with Crippen LogP contribution in [0.3, 0.4) is 0 Å². The van der Waals surface area contributed by atoms with Gasteiger partial charge in [0.2, 0.25) is 0 Å². The normalized spacial score (nSPS) is 18.2. The van der Waals surface area contributed by atoms with Gasteiger partial charge in [0, 0.05) is 41.6 Å². The number of amides is 1. The third kappa shape index (κ3) is 3.48. The first-order valence-electron chi connectivity index (χ1n) is 8.11. The number of aryl methyl sites for hydroxylation is 1. The van der Waals surface area contributed by atoms with Crippen molar-refractivity contribution in [3.63, 3.8) is 0 Å². The number of nitrogens with zero attached hydrogens (tertiary/aromatic N) is 3. The molecule has 0 saturated heterocycles. The Morgan fingerprint density at radius 2 is 2.22 bits per heavy atom. The van der Waals surface area contributed by atoms with Crippen LogP contribution in [0.2, 0.25) is 0 Å². The fourth-order valence-corrected chi connectivity index (χ4v) is 3.88. The maximum Gasteiger partial charge on any atom is 0.271 e. The zero-order valence-electron chi connectivity index (χ0n) is 14.2. The summed E-state index contributed by atoms with van der Waals surface area (Å²) in [6.45, 7) is 11.0. The van der Waals surface area contributed by atoms with Crippen molar-refractivity contribution in [1.29, 1.82) is 0 Å². The number of nitrogens with one attached hydrogen (secondary N) is 1. The van der Waals surface area contributed by atoms with Gasteiger partial charge in [-0.3, -0.25) is 9.69 Å². The van der Waals surface area contributed by atoms with Gasteiger partial charge in [0.1, 0.15) is 11.5 Å². The molecule has 1 aliphatic heterocycles. The molecule has 0 saturated carbocycles. The number of imidazole rings is 1. The monoisotopic (exact) mass is 332 g/mol. The second kappa shape index (κ2) is 6.45. The number of hydrogen-bond acceptors (Lipinski definition) is 4. The number of thiophene rings is 1. The Bertz CT molecular complexity index is 703. The Kier molecular flexibility index (Phi) is 4.55. The molecular formula is C17H24N4OS. The molecule has 3 rings (SSSR count). The average Bonchev–Trinajstić information content (AvgIpc) is 3.08. The highest BCUT2D eigenvalue weighted by Gasteiger charge is 2.27. The van der Waals surface area contributed by atoms with E-state index in [0.29, 0.717) is 5.69 Å². The summed E-state index contributed by atoms with van der Waals surface area (Å²) < 4.78 is 2.12. The number of hydrogen-bond donors (Lipinski definition) is 1. The highest BCUT2D eigenvalue weighted by molar-refractivity contribution is 7.11. The van der Waals surface area contributed by atoms with E-state index in [1.807, 2.05) is 31.4 Å². The maximum atomic E-state index is 12.2. The van der Waals surface area contributed by atoms with Crippen molar-refractivity contribution in [3.05, 3.63) is 39.6 Å². The number of fused-ring (bicyclic) bond motifs is 1. The largest absolute Gasteiger partial charge is 0.348 e. The van der Waals surface area contributed by atoms with E-state index in [0.717, 1.165) is 25.5 Å². The molecule has 3 heterocycles. The van der Waals surface area contributed by atoms with Crippen LogP contribution in [0.15, 0.2) is 18.3 Å². The zero-order valence-corrected chi connectivity index (χ0v) is 15.0. The van der Waals surface area contributed by atoms with E-state index in [-0.39, 0.29) is 18.0 Å². The lowest BCUT2D eigenvalue weighted by molar-refractivity contribution is 0.0938. The zero-order chi connectivity index (χ0) is 16.6. The van der Waals surface area contributed by atoms with Gasteiger partial charge in [0.25, 0.3) is 5.91 Å². The van der Waals surface area contributed by atoms with E-state index >= 15 is 0 Å². The van der Waals surface area contributed by atoms with Gasteiger partial charge >= 0.3 is 0 Å². The van der Waals surface area contributed by atoms with Crippen molar-refractivity contribution in [2.24, 2.45) is 0 Å². The van der Waals surface area contributed by atoms with Crippen LogP contribution in [0, 0.1) is 6.92 Å². The van der Waals surface area contributed by atoms with Crippen molar-refractivity contribution in [3.8, 4) is 0 Å². The quantitative estimate of drug-likeness (QED) is 0.936. The number of carbonyl (C=O) groups is 1. The summed E-state index contributed by atoms with van der Waals surface area (Å²) in [5.41, 5.74) is 0.523. The van der Waals surface area contributed by atoms with Gasteiger partial charge in [0.05, 0.1) is 6.04 Å². The molecule has 23 heavy (non-hydrogen) atoms. The van der Waals surface area contributed by atoms with E-state index in [1.54, 1.807) is 0 Å².